The Bertz CT molecular complexity index is 1290. The lowest BCUT2D eigenvalue weighted by Crippen LogP contribution is -2.36. The van der Waals surface area contributed by atoms with Gasteiger partial charge >= 0.3 is 5.92 Å². The van der Waals surface area contributed by atoms with Crippen LogP contribution < -0.4 is 10.2 Å². The summed E-state index contributed by atoms with van der Waals surface area (Å²) in [6, 6.07) is 5.32. The number of alkyl halides is 2. The highest BCUT2D eigenvalue weighted by Crippen LogP contribution is 2.40. The molecule has 2 atom stereocenters. The van der Waals surface area contributed by atoms with Crippen LogP contribution in [0.2, 0.25) is 0 Å². The number of rotatable bonds is 6. The summed E-state index contributed by atoms with van der Waals surface area (Å²) in [7, 11) is 0. The molecule has 2 heterocycles. The van der Waals surface area contributed by atoms with E-state index in [1.165, 1.54) is 23.3 Å². The van der Waals surface area contributed by atoms with Crippen LogP contribution in [0.4, 0.5) is 24.7 Å². The Morgan fingerprint density at radius 2 is 1.83 bits per heavy atom. The van der Waals surface area contributed by atoms with E-state index >= 15 is 4.39 Å². The highest BCUT2D eigenvalue weighted by Gasteiger charge is 2.40. The number of hydrogen-bond acceptors (Lipinski definition) is 6. The summed E-state index contributed by atoms with van der Waals surface area (Å²) in [5, 5.41) is 13.6. The first-order valence-electron chi connectivity index (χ1n) is 12.5. The predicted octanol–water partition coefficient (Wildman–Crippen LogP) is 5.05. The van der Waals surface area contributed by atoms with Crippen LogP contribution in [0.3, 0.4) is 0 Å². The largest absolute Gasteiger partial charge is 0.387 e. The second-order valence-electron chi connectivity index (χ2n) is 9.70. The number of aromatic nitrogens is 2. The Hall–Kier alpha value is -2.91. The van der Waals surface area contributed by atoms with E-state index in [2.05, 4.69) is 21.3 Å². The summed E-state index contributed by atoms with van der Waals surface area (Å²) in [4.78, 5) is 11.7. The third kappa shape index (κ3) is 4.28. The fourth-order valence-corrected chi connectivity index (χ4v) is 5.31. The average Bonchev–Trinajstić information content (AvgIpc) is 3.34. The first kappa shape index (κ1) is 24.8. The number of aryl methyl sites for hydroxylation is 2. The number of halogens is 3. The number of aliphatic hydroxyl groups is 1. The Kier molecular flexibility index (Phi) is 6.55. The maximum Gasteiger partial charge on any atom is 0.301 e. The monoisotopic (exact) mass is 500 g/mol. The molecule has 192 valence electrons. The first-order valence-corrected chi connectivity index (χ1v) is 12.5. The van der Waals surface area contributed by atoms with Gasteiger partial charge in [0, 0.05) is 29.7 Å². The van der Waals surface area contributed by atoms with Gasteiger partial charge in [0.05, 0.1) is 30.3 Å². The third-order valence-electron chi connectivity index (χ3n) is 7.24. The van der Waals surface area contributed by atoms with Gasteiger partial charge in [0.25, 0.3) is 0 Å². The lowest BCUT2D eigenvalue weighted by atomic mass is 9.97. The van der Waals surface area contributed by atoms with E-state index in [-0.39, 0.29) is 5.56 Å². The quantitative estimate of drug-likeness (QED) is 0.494. The molecular formula is C27H31F3N4O2. The summed E-state index contributed by atoms with van der Waals surface area (Å²) in [6.07, 6.45) is 0.972. The van der Waals surface area contributed by atoms with Crippen LogP contribution in [0.15, 0.2) is 24.3 Å². The molecule has 36 heavy (non-hydrogen) atoms. The fourth-order valence-electron chi connectivity index (χ4n) is 5.31. The highest BCUT2D eigenvalue weighted by atomic mass is 19.3. The number of benzene rings is 2. The van der Waals surface area contributed by atoms with Crippen LogP contribution in [0, 0.1) is 12.7 Å². The van der Waals surface area contributed by atoms with Crippen LogP contribution in [0.5, 0.6) is 0 Å². The van der Waals surface area contributed by atoms with Crippen LogP contribution in [-0.2, 0) is 23.5 Å². The molecule has 2 aliphatic rings. The van der Waals surface area contributed by atoms with E-state index in [1.54, 1.807) is 6.92 Å². The lowest BCUT2D eigenvalue weighted by Gasteiger charge is -2.31. The molecule has 0 radical (unpaired) electrons. The highest BCUT2D eigenvalue weighted by molar-refractivity contribution is 5.96. The number of aliphatic hydroxyl groups excluding tert-OH is 1. The number of ether oxygens (including phenoxy) is 1. The van der Waals surface area contributed by atoms with Crippen molar-refractivity contribution in [1.82, 2.24) is 9.97 Å². The minimum absolute atomic E-state index is 0.0757. The standard InChI is InChI=1S/C27H31F3N4O2/c1-15(18-6-5-9-22(24(18)28)27(29,30)16(2)35)31-26-21-14-23(34-10-12-36-13-11-34)19-7-4-8-20(19)25(21)32-17(3)33-26/h5-6,9,14-16,35H,4,7-8,10-13H2,1-3H3,(H,31,32,33)/t15-,16+/m1/s1. The van der Waals surface area contributed by atoms with Crippen molar-refractivity contribution in [2.45, 2.75) is 58.1 Å². The second kappa shape index (κ2) is 9.52. The lowest BCUT2D eigenvalue weighted by molar-refractivity contribution is -0.108. The average molecular weight is 501 g/mol. The number of morpholine rings is 1. The molecule has 1 aromatic heterocycles. The van der Waals surface area contributed by atoms with Gasteiger partial charge in [-0.2, -0.15) is 8.78 Å². The summed E-state index contributed by atoms with van der Waals surface area (Å²) in [5.41, 5.74) is 3.84. The van der Waals surface area contributed by atoms with Crippen molar-refractivity contribution in [1.29, 1.82) is 0 Å². The van der Waals surface area contributed by atoms with Crippen molar-refractivity contribution in [3.63, 3.8) is 0 Å². The maximum absolute atomic E-state index is 15.3. The SMILES string of the molecule is Cc1nc(N[C@H](C)c2cccc(C(F)(F)[C@H](C)O)c2F)c2cc(N3CCOCC3)c3c(c2n1)CCC3. The van der Waals surface area contributed by atoms with Crippen LogP contribution in [0.1, 0.15) is 54.4 Å². The van der Waals surface area contributed by atoms with Gasteiger partial charge in [-0.25, -0.2) is 14.4 Å². The summed E-state index contributed by atoms with van der Waals surface area (Å²) in [5.74, 6) is -3.61. The van der Waals surface area contributed by atoms with E-state index in [0.717, 1.165) is 61.9 Å². The molecule has 0 bridgehead atoms. The van der Waals surface area contributed by atoms with Crippen LogP contribution in [-0.4, -0.2) is 47.5 Å². The van der Waals surface area contributed by atoms with E-state index in [4.69, 9.17) is 9.72 Å². The Labute approximate surface area is 208 Å². The van der Waals surface area contributed by atoms with Crippen molar-refractivity contribution < 1.29 is 23.0 Å². The number of nitrogens with zero attached hydrogens (tertiary/aromatic N) is 3. The molecule has 2 aromatic carbocycles. The second-order valence-corrected chi connectivity index (χ2v) is 9.70. The molecule has 3 aromatic rings. The zero-order chi connectivity index (χ0) is 25.6. The molecule has 1 saturated heterocycles. The molecule has 5 rings (SSSR count). The molecule has 2 N–H and O–H groups in total. The van der Waals surface area contributed by atoms with Crippen molar-refractivity contribution in [3.8, 4) is 0 Å². The summed E-state index contributed by atoms with van der Waals surface area (Å²) >= 11 is 0. The Morgan fingerprint density at radius 1 is 1.11 bits per heavy atom. The molecule has 0 unspecified atom stereocenters. The van der Waals surface area contributed by atoms with Gasteiger partial charge in [-0.1, -0.05) is 12.1 Å². The number of fused-ring (bicyclic) bond motifs is 3. The van der Waals surface area contributed by atoms with Gasteiger partial charge < -0.3 is 20.1 Å². The van der Waals surface area contributed by atoms with E-state index < -0.39 is 29.4 Å². The fraction of sp³-hybridized carbons (Fsp3) is 0.481. The van der Waals surface area contributed by atoms with Crippen molar-refractivity contribution >= 4 is 22.4 Å². The summed E-state index contributed by atoms with van der Waals surface area (Å²) < 4.78 is 49.8. The maximum atomic E-state index is 15.3. The molecule has 1 aliphatic carbocycles. The van der Waals surface area contributed by atoms with Crippen molar-refractivity contribution in [2.24, 2.45) is 0 Å². The molecular weight excluding hydrogens is 469 g/mol. The zero-order valence-electron chi connectivity index (χ0n) is 20.7. The summed E-state index contributed by atoms with van der Waals surface area (Å²) in [6.45, 7) is 7.43. The minimum Gasteiger partial charge on any atom is -0.387 e. The van der Waals surface area contributed by atoms with Gasteiger partial charge in [-0.3, -0.25) is 0 Å². The van der Waals surface area contributed by atoms with E-state index in [9.17, 15) is 13.9 Å². The zero-order valence-corrected chi connectivity index (χ0v) is 20.7. The normalized spacial score (nSPS) is 17.8. The molecule has 9 heteroatoms. The molecule has 0 spiro atoms. The molecule has 1 aliphatic heterocycles. The van der Waals surface area contributed by atoms with Crippen LogP contribution >= 0.6 is 0 Å². The van der Waals surface area contributed by atoms with Gasteiger partial charge in [-0.05, 0) is 63.3 Å². The van der Waals surface area contributed by atoms with E-state index in [0.29, 0.717) is 24.9 Å². The van der Waals surface area contributed by atoms with Gasteiger partial charge in [0.15, 0.2) is 0 Å². The van der Waals surface area contributed by atoms with Crippen molar-refractivity contribution in [3.05, 3.63) is 58.2 Å². The molecule has 0 saturated carbocycles. The van der Waals surface area contributed by atoms with Crippen LogP contribution in [0.25, 0.3) is 10.9 Å². The van der Waals surface area contributed by atoms with Crippen molar-refractivity contribution in [2.75, 3.05) is 36.5 Å². The minimum atomic E-state index is -3.70. The van der Waals surface area contributed by atoms with E-state index in [1.807, 2.05) is 6.92 Å². The number of hydrogen-bond donors (Lipinski definition) is 2. The molecule has 6 nitrogen and oxygen atoms in total. The van der Waals surface area contributed by atoms with Gasteiger partial charge in [0.2, 0.25) is 0 Å². The third-order valence-corrected chi connectivity index (χ3v) is 7.24. The molecule has 1 fully saturated rings. The Balaban J connectivity index is 1.57. The Morgan fingerprint density at radius 3 is 2.56 bits per heavy atom. The topological polar surface area (TPSA) is 70.5 Å². The predicted molar refractivity (Wildman–Crippen MR) is 133 cm³/mol. The molecule has 0 amide bonds. The van der Waals surface area contributed by atoms with Gasteiger partial charge in [0.1, 0.15) is 23.6 Å². The number of anilines is 2. The van der Waals surface area contributed by atoms with Gasteiger partial charge in [-0.15, -0.1) is 0 Å². The first-order chi connectivity index (χ1) is 17.2. The number of nitrogens with one attached hydrogen (secondary N) is 1. The smallest absolute Gasteiger partial charge is 0.301 e.